The fraction of sp³-hybridized carbons (Fsp3) is 0. The molecule has 12 heteroatoms. The predicted octanol–water partition coefficient (Wildman–Crippen LogP) is -8.32. The molecule has 197 valence electrons. The van der Waals surface area contributed by atoms with Crippen molar-refractivity contribution in [3.8, 4) is 0 Å². The maximum atomic E-state index is 3.58. The van der Waals surface area contributed by atoms with Gasteiger partial charge in [-0.05, 0) is 48.5 Å². The van der Waals surface area contributed by atoms with Gasteiger partial charge in [0, 0.05) is 90.8 Å². The smallest absolute Gasteiger partial charge is 0.148 e. The number of halogens is 10. The normalized spacial score (nSPS) is 9.22. The molecule has 0 fully saturated rings. The standard InChI is InChI=1S/C24H16Br4N.6ClH.Sb/c25-17-1-9-21(10-2-17)29(22-11-3-18(26)4-12-22,23-13-5-19(27)6-14-23)24-15-7-20(28)8-16-24;;;;;;;/h1-16H;6*1H;/q+1;;;;;;;/p-6. The Hall–Kier alpha value is 1.32. The van der Waals surface area contributed by atoms with Crippen LogP contribution in [-0.4, -0.2) is 24.4 Å². The van der Waals surface area contributed by atoms with Gasteiger partial charge in [-0.1, -0.05) is 63.7 Å². The van der Waals surface area contributed by atoms with Gasteiger partial charge in [0.25, 0.3) is 0 Å². The van der Waals surface area contributed by atoms with E-state index in [0.29, 0.717) is 4.48 Å². The van der Waals surface area contributed by atoms with Crippen LogP contribution in [0.5, 0.6) is 0 Å². The minimum Gasteiger partial charge on any atom is -1.00 e. The van der Waals surface area contributed by atoms with Crippen LogP contribution in [0.2, 0.25) is 0 Å². The van der Waals surface area contributed by atoms with Crippen LogP contribution in [0.4, 0.5) is 22.7 Å². The van der Waals surface area contributed by atoms with Crippen LogP contribution in [0.15, 0.2) is 115 Å². The number of hydrogen-bond acceptors (Lipinski definition) is 0. The van der Waals surface area contributed by atoms with E-state index in [1.54, 1.807) is 0 Å². The van der Waals surface area contributed by atoms with Gasteiger partial charge in [-0.25, -0.2) is 0 Å². The predicted molar refractivity (Wildman–Crippen MR) is 143 cm³/mol. The molecule has 4 aromatic carbocycles. The SMILES string of the molecule is Brc1ccc([N+](c2ccc(Br)cc2)(c2ccc(Br)cc2)c2ccc(Br)cc2)cc1.[Cl-].[Cl-].[Cl-].[Cl-].[Cl-].[Cl-].[Sb]. The van der Waals surface area contributed by atoms with E-state index in [4.69, 9.17) is 0 Å². The van der Waals surface area contributed by atoms with Gasteiger partial charge in [0.1, 0.15) is 22.7 Å². The molecule has 0 aliphatic rings. The molecule has 4 rings (SSSR count). The van der Waals surface area contributed by atoms with Crippen LogP contribution in [0.25, 0.3) is 0 Å². The van der Waals surface area contributed by atoms with E-state index >= 15 is 0 Å². The number of nitrogens with zero attached hydrogens (tertiary/aromatic N) is 1. The van der Waals surface area contributed by atoms with Crippen molar-refractivity contribution in [1.82, 2.24) is 4.48 Å². The summed E-state index contributed by atoms with van der Waals surface area (Å²) in [6.45, 7) is 0. The molecular weight excluding hydrogens is 956 g/mol. The molecule has 0 unspecified atom stereocenters. The van der Waals surface area contributed by atoms with E-state index in [2.05, 4.69) is 161 Å². The molecule has 0 N–H and O–H groups in total. The third-order valence-electron chi connectivity index (χ3n) is 4.86. The van der Waals surface area contributed by atoms with Crippen LogP contribution in [-0.2, 0) is 0 Å². The zero-order valence-corrected chi connectivity index (χ0v) is 31.3. The largest absolute Gasteiger partial charge is 1.00 e. The molecule has 0 aromatic heterocycles. The summed E-state index contributed by atoms with van der Waals surface area (Å²) in [5.74, 6) is 0. The molecule has 0 saturated heterocycles. The van der Waals surface area contributed by atoms with Crippen molar-refractivity contribution in [2.75, 3.05) is 0 Å². The summed E-state index contributed by atoms with van der Waals surface area (Å²) in [4.78, 5) is 0. The summed E-state index contributed by atoms with van der Waals surface area (Å²) >= 11 is 14.3. The topological polar surface area (TPSA) is 0 Å². The van der Waals surface area contributed by atoms with Gasteiger partial charge < -0.3 is 74.4 Å². The van der Waals surface area contributed by atoms with E-state index in [1.165, 1.54) is 0 Å². The quantitative estimate of drug-likeness (QED) is 0.141. The molecule has 36 heavy (non-hydrogen) atoms. The number of quaternary nitrogens is 1. The monoisotopic (exact) mass is 965 g/mol. The van der Waals surface area contributed by atoms with Gasteiger partial charge in [-0.15, -0.1) is 0 Å². The molecule has 0 atom stereocenters. The first-order valence-corrected chi connectivity index (χ1v) is 12.1. The Morgan fingerprint density at radius 1 is 0.306 bits per heavy atom. The van der Waals surface area contributed by atoms with Gasteiger partial charge in [0.15, 0.2) is 0 Å². The van der Waals surface area contributed by atoms with Gasteiger partial charge in [0.05, 0.1) is 0 Å². The molecule has 4 aromatic rings. The second kappa shape index (κ2) is 20.2. The van der Waals surface area contributed by atoms with Crippen molar-refractivity contribution in [1.29, 1.82) is 0 Å². The maximum absolute atomic E-state index is 3.58. The Labute approximate surface area is 301 Å². The van der Waals surface area contributed by atoms with Gasteiger partial charge >= 0.3 is 0 Å². The molecule has 0 heterocycles. The first kappa shape index (κ1) is 44.3. The van der Waals surface area contributed by atoms with E-state index in [0.717, 1.165) is 40.6 Å². The van der Waals surface area contributed by atoms with E-state index in [-0.39, 0.29) is 98.9 Å². The molecular formula is C24H16Br4Cl6NSb-5. The molecule has 1 nitrogen and oxygen atoms in total. The van der Waals surface area contributed by atoms with Crippen molar-refractivity contribution >= 4 is 111 Å². The van der Waals surface area contributed by atoms with Gasteiger partial charge in [-0.3, -0.25) is 0 Å². The van der Waals surface area contributed by atoms with E-state index in [1.807, 2.05) is 0 Å². The third-order valence-corrected chi connectivity index (χ3v) is 6.97. The second-order valence-corrected chi connectivity index (χ2v) is 10.2. The van der Waals surface area contributed by atoms with Crippen molar-refractivity contribution in [3.05, 3.63) is 115 Å². The summed E-state index contributed by atoms with van der Waals surface area (Å²) in [6, 6.07) is 34.2. The van der Waals surface area contributed by atoms with Crippen molar-refractivity contribution in [3.63, 3.8) is 0 Å². The molecule has 0 aliphatic carbocycles. The molecule has 0 saturated carbocycles. The summed E-state index contributed by atoms with van der Waals surface area (Å²) < 4.78 is 4.70. The number of benzene rings is 4. The van der Waals surface area contributed by atoms with Crippen molar-refractivity contribution in [2.45, 2.75) is 0 Å². The Balaban J connectivity index is -0.000000731. The third kappa shape index (κ3) is 9.75. The van der Waals surface area contributed by atoms with Crippen molar-refractivity contribution < 1.29 is 74.4 Å². The summed E-state index contributed by atoms with van der Waals surface area (Å²) in [7, 11) is 0. The fourth-order valence-corrected chi connectivity index (χ4v) is 4.61. The first-order valence-electron chi connectivity index (χ1n) is 8.94. The molecule has 0 bridgehead atoms. The summed E-state index contributed by atoms with van der Waals surface area (Å²) in [6.07, 6.45) is 0. The van der Waals surface area contributed by atoms with Crippen LogP contribution >= 0.6 is 63.7 Å². The van der Waals surface area contributed by atoms with Crippen LogP contribution in [0.1, 0.15) is 0 Å². The Morgan fingerprint density at radius 3 is 0.583 bits per heavy atom. The Morgan fingerprint density at radius 2 is 0.444 bits per heavy atom. The van der Waals surface area contributed by atoms with Crippen LogP contribution in [0.3, 0.4) is 0 Å². The van der Waals surface area contributed by atoms with Crippen LogP contribution < -0.4 is 78.9 Å². The Kier molecular flexibility index (Phi) is 24.9. The minimum absolute atomic E-state index is 0. The van der Waals surface area contributed by atoms with E-state index < -0.39 is 0 Å². The van der Waals surface area contributed by atoms with E-state index in [9.17, 15) is 0 Å². The molecule has 0 spiro atoms. The average Bonchev–Trinajstić information content (AvgIpc) is 2.73. The molecule has 0 amide bonds. The van der Waals surface area contributed by atoms with Crippen LogP contribution in [0, 0.1) is 0 Å². The second-order valence-electron chi connectivity index (χ2n) is 6.58. The zero-order chi connectivity index (χ0) is 20.4. The zero-order valence-electron chi connectivity index (χ0n) is 17.9. The maximum Gasteiger partial charge on any atom is 0.148 e. The van der Waals surface area contributed by atoms with Crippen molar-refractivity contribution in [2.24, 2.45) is 0 Å². The first-order chi connectivity index (χ1) is 14.0. The summed E-state index contributed by atoms with van der Waals surface area (Å²) in [5, 5.41) is 0. The fourth-order valence-electron chi connectivity index (χ4n) is 3.55. The minimum atomic E-state index is 0. The Bertz CT molecular complexity index is 946. The molecule has 0 aliphatic heterocycles. The summed E-state index contributed by atoms with van der Waals surface area (Å²) in [5.41, 5.74) is 4.61. The van der Waals surface area contributed by atoms with Gasteiger partial charge in [-0.2, -0.15) is 4.48 Å². The number of rotatable bonds is 4. The van der Waals surface area contributed by atoms with Gasteiger partial charge in [0.2, 0.25) is 0 Å². The molecule has 3 radical (unpaired) electrons. The average molecular weight is 972 g/mol. The number of hydrogen-bond donors (Lipinski definition) is 0.